The molecule has 0 radical (unpaired) electrons. The van der Waals surface area contributed by atoms with Crippen LogP contribution in [0.15, 0.2) is 0 Å². The molecule has 1 atom stereocenters. The Bertz CT molecular complexity index is 174. The molecule has 1 unspecified atom stereocenters. The molecule has 0 aliphatic carbocycles. The summed E-state index contributed by atoms with van der Waals surface area (Å²) in [4.78, 5) is 11.4. The summed E-state index contributed by atoms with van der Waals surface area (Å²) in [6.45, 7) is 7.53. The van der Waals surface area contributed by atoms with Crippen LogP contribution in [-0.2, 0) is 4.79 Å². The number of hydrogen-bond acceptors (Lipinski definition) is 3. The van der Waals surface area contributed by atoms with Crippen molar-refractivity contribution < 1.29 is 4.79 Å². The summed E-state index contributed by atoms with van der Waals surface area (Å²) in [5.41, 5.74) is 0. The maximum absolute atomic E-state index is 11.4. The summed E-state index contributed by atoms with van der Waals surface area (Å²) in [7, 11) is 0. The molecule has 0 aromatic heterocycles. The van der Waals surface area contributed by atoms with E-state index in [1.54, 1.807) is 0 Å². The smallest absolute Gasteiger partial charge is 0.233 e. The van der Waals surface area contributed by atoms with Crippen LogP contribution in [0.25, 0.3) is 0 Å². The first kappa shape index (κ1) is 14.8. The number of thioether (sulfide) groups is 1. The van der Waals surface area contributed by atoms with Crippen LogP contribution < -0.4 is 10.6 Å². The van der Waals surface area contributed by atoms with Crippen LogP contribution in [0.5, 0.6) is 0 Å². The van der Waals surface area contributed by atoms with Crippen LogP contribution in [0.4, 0.5) is 0 Å². The van der Waals surface area contributed by atoms with E-state index in [0.29, 0.717) is 18.5 Å². The molecule has 2 N–H and O–H groups in total. The SMILES string of the molecule is CCC(CSC)NCC(=O)NCC(C)C. The quantitative estimate of drug-likeness (QED) is 0.666. The van der Waals surface area contributed by atoms with Crippen molar-refractivity contribution in [1.29, 1.82) is 0 Å². The topological polar surface area (TPSA) is 41.1 Å². The van der Waals surface area contributed by atoms with E-state index in [-0.39, 0.29) is 5.91 Å². The van der Waals surface area contributed by atoms with Crippen molar-refractivity contribution in [1.82, 2.24) is 10.6 Å². The minimum absolute atomic E-state index is 0.100. The molecule has 1 amide bonds. The van der Waals surface area contributed by atoms with E-state index in [0.717, 1.165) is 18.7 Å². The Labute approximate surface area is 97.8 Å². The fourth-order valence-electron chi connectivity index (χ4n) is 1.14. The fourth-order valence-corrected chi connectivity index (χ4v) is 1.90. The van der Waals surface area contributed by atoms with Crippen LogP contribution in [0, 0.1) is 5.92 Å². The predicted molar refractivity (Wildman–Crippen MR) is 68.3 cm³/mol. The zero-order valence-corrected chi connectivity index (χ0v) is 11.1. The number of rotatable bonds is 8. The van der Waals surface area contributed by atoms with Crippen molar-refractivity contribution in [2.45, 2.75) is 33.2 Å². The second-order valence-corrected chi connectivity index (χ2v) is 5.05. The normalized spacial score (nSPS) is 12.9. The number of carbonyl (C=O) groups excluding carboxylic acids is 1. The lowest BCUT2D eigenvalue weighted by Crippen LogP contribution is -2.41. The second kappa shape index (κ2) is 9.04. The number of carbonyl (C=O) groups is 1. The zero-order chi connectivity index (χ0) is 11.7. The second-order valence-electron chi connectivity index (χ2n) is 4.14. The van der Waals surface area contributed by atoms with Crippen molar-refractivity contribution in [3.05, 3.63) is 0 Å². The molecule has 0 aliphatic rings. The van der Waals surface area contributed by atoms with E-state index < -0.39 is 0 Å². The summed E-state index contributed by atoms with van der Waals surface area (Å²) in [6.07, 6.45) is 3.15. The van der Waals surface area contributed by atoms with E-state index >= 15 is 0 Å². The molecule has 0 aliphatic heterocycles. The lowest BCUT2D eigenvalue weighted by atomic mass is 10.2. The van der Waals surface area contributed by atoms with Crippen molar-refractivity contribution in [2.24, 2.45) is 5.92 Å². The molecule has 0 saturated heterocycles. The Morgan fingerprint density at radius 2 is 2.07 bits per heavy atom. The Balaban J connectivity index is 3.59. The van der Waals surface area contributed by atoms with Gasteiger partial charge in [0.2, 0.25) is 5.91 Å². The van der Waals surface area contributed by atoms with Crippen LogP contribution in [0.2, 0.25) is 0 Å². The van der Waals surface area contributed by atoms with Gasteiger partial charge in [-0.3, -0.25) is 4.79 Å². The Morgan fingerprint density at radius 1 is 1.40 bits per heavy atom. The third-order valence-electron chi connectivity index (χ3n) is 2.12. The van der Waals surface area contributed by atoms with Gasteiger partial charge in [0.1, 0.15) is 0 Å². The highest BCUT2D eigenvalue weighted by molar-refractivity contribution is 7.98. The molecule has 0 aromatic carbocycles. The maximum Gasteiger partial charge on any atom is 0.233 e. The Morgan fingerprint density at radius 3 is 2.53 bits per heavy atom. The number of nitrogens with one attached hydrogen (secondary N) is 2. The summed E-state index contributed by atoms with van der Waals surface area (Å²) in [5, 5.41) is 6.16. The van der Waals surface area contributed by atoms with Gasteiger partial charge in [0.05, 0.1) is 6.54 Å². The fraction of sp³-hybridized carbons (Fsp3) is 0.909. The predicted octanol–water partition coefficient (Wildman–Crippen LogP) is 1.49. The van der Waals surface area contributed by atoms with E-state index in [2.05, 4.69) is 37.7 Å². The van der Waals surface area contributed by atoms with Crippen molar-refractivity contribution >= 4 is 17.7 Å². The lowest BCUT2D eigenvalue weighted by Gasteiger charge is -2.15. The molecule has 0 rings (SSSR count). The van der Waals surface area contributed by atoms with Gasteiger partial charge < -0.3 is 10.6 Å². The van der Waals surface area contributed by atoms with Gasteiger partial charge in [0.25, 0.3) is 0 Å². The molecule has 4 heteroatoms. The van der Waals surface area contributed by atoms with Gasteiger partial charge in [-0.15, -0.1) is 0 Å². The first-order chi connectivity index (χ1) is 7.10. The summed E-state index contributed by atoms with van der Waals surface area (Å²) in [5.74, 6) is 1.68. The average molecular weight is 232 g/mol. The van der Waals surface area contributed by atoms with Gasteiger partial charge in [-0.1, -0.05) is 20.8 Å². The highest BCUT2D eigenvalue weighted by Gasteiger charge is 2.07. The molecule has 90 valence electrons. The van der Waals surface area contributed by atoms with Gasteiger partial charge in [-0.05, 0) is 18.6 Å². The average Bonchev–Trinajstić information content (AvgIpc) is 2.21. The largest absolute Gasteiger partial charge is 0.355 e. The molecule has 15 heavy (non-hydrogen) atoms. The highest BCUT2D eigenvalue weighted by atomic mass is 32.2. The third kappa shape index (κ3) is 8.75. The van der Waals surface area contributed by atoms with E-state index in [4.69, 9.17) is 0 Å². The molecule has 0 bridgehead atoms. The summed E-state index contributed by atoms with van der Waals surface area (Å²) >= 11 is 1.81. The van der Waals surface area contributed by atoms with Gasteiger partial charge in [-0.2, -0.15) is 11.8 Å². The van der Waals surface area contributed by atoms with Crippen LogP contribution in [-0.4, -0.2) is 37.0 Å². The molecular weight excluding hydrogens is 208 g/mol. The van der Waals surface area contributed by atoms with Crippen LogP contribution in [0.1, 0.15) is 27.2 Å². The molecule has 0 spiro atoms. The summed E-state index contributed by atoms with van der Waals surface area (Å²) in [6, 6.07) is 0.449. The molecular formula is C11H24N2OS. The first-order valence-corrected chi connectivity index (χ1v) is 6.98. The minimum Gasteiger partial charge on any atom is -0.355 e. The van der Waals surface area contributed by atoms with Gasteiger partial charge in [0, 0.05) is 18.3 Å². The summed E-state index contributed by atoms with van der Waals surface area (Å²) < 4.78 is 0. The minimum atomic E-state index is 0.100. The number of hydrogen-bond donors (Lipinski definition) is 2. The monoisotopic (exact) mass is 232 g/mol. The van der Waals surface area contributed by atoms with E-state index in [1.807, 2.05) is 11.8 Å². The first-order valence-electron chi connectivity index (χ1n) is 5.59. The van der Waals surface area contributed by atoms with Crippen LogP contribution in [0.3, 0.4) is 0 Å². The Kier molecular flexibility index (Phi) is 8.91. The maximum atomic E-state index is 11.4. The van der Waals surface area contributed by atoms with Gasteiger partial charge in [-0.25, -0.2) is 0 Å². The zero-order valence-electron chi connectivity index (χ0n) is 10.3. The standard InChI is InChI=1S/C11H24N2OS/c1-5-10(8-15-4)12-7-11(14)13-6-9(2)3/h9-10,12H,5-8H2,1-4H3,(H,13,14). The lowest BCUT2D eigenvalue weighted by molar-refractivity contribution is -0.120. The van der Waals surface area contributed by atoms with Crippen molar-refractivity contribution in [3.63, 3.8) is 0 Å². The van der Waals surface area contributed by atoms with E-state index in [9.17, 15) is 4.79 Å². The Hall–Kier alpha value is -0.220. The van der Waals surface area contributed by atoms with Gasteiger partial charge >= 0.3 is 0 Å². The molecule has 0 aromatic rings. The molecule has 0 fully saturated rings. The van der Waals surface area contributed by atoms with Crippen LogP contribution >= 0.6 is 11.8 Å². The highest BCUT2D eigenvalue weighted by Crippen LogP contribution is 2.00. The molecule has 3 nitrogen and oxygen atoms in total. The number of amides is 1. The third-order valence-corrected chi connectivity index (χ3v) is 2.86. The van der Waals surface area contributed by atoms with E-state index in [1.165, 1.54) is 0 Å². The molecule has 0 heterocycles. The van der Waals surface area contributed by atoms with Crippen molar-refractivity contribution in [3.8, 4) is 0 Å². The van der Waals surface area contributed by atoms with Crippen molar-refractivity contribution in [2.75, 3.05) is 25.1 Å². The molecule has 0 saturated carbocycles. The van der Waals surface area contributed by atoms with Gasteiger partial charge in [0.15, 0.2) is 0 Å².